The van der Waals surface area contributed by atoms with Gasteiger partial charge in [-0.3, -0.25) is 4.68 Å². The maximum atomic E-state index is 12.3. The number of hydrogen-bond acceptors (Lipinski definition) is 5. The lowest BCUT2D eigenvalue weighted by Gasteiger charge is -2.34. The largest absolute Gasteiger partial charge is 0.479 e. The minimum Gasteiger partial charge on any atom is -0.479 e. The number of aliphatic hydroxyl groups is 1. The first-order chi connectivity index (χ1) is 9.29. The summed E-state index contributed by atoms with van der Waals surface area (Å²) in [5, 5.41) is 22.6. The van der Waals surface area contributed by atoms with E-state index in [-0.39, 0.29) is 30.8 Å². The highest BCUT2D eigenvalue weighted by atomic mass is 32.2. The van der Waals surface area contributed by atoms with Crippen molar-refractivity contribution in [3.05, 3.63) is 12.4 Å². The molecule has 0 spiro atoms. The number of sulfonamides is 1. The van der Waals surface area contributed by atoms with Gasteiger partial charge < -0.3 is 10.2 Å². The predicted molar refractivity (Wildman–Crippen MR) is 68.5 cm³/mol. The lowest BCUT2D eigenvalue weighted by Crippen LogP contribution is -2.50. The van der Waals surface area contributed by atoms with E-state index in [1.54, 1.807) is 0 Å². The van der Waals surface area contributed by atoms with E-state index in [2.05, 4.69) is 5.10 Å². The summed E-state index contributed by atoms with van der Waals surface area (Å²) in [6.07, 6.45) is 2.47. The summed E-state index contributed by atoms with van der Waals surface area (Å²) < 4.78 is 27.4. The van der Waals surface area contributed by atoms with E-state index in [0.29, 0.717) is 6.54 Å². The minimum absolute atomic E-state index is 0.0254. The quantitative estimate of drug-likeness (QED) is 0.775. The van der Waals surface area contributed by atoms with Crippen LogP contribution in [-0.4, -0.2) is 57.4 Å². The fourth-order valence-electron chi connectivity index (χ4n) is 2.11. The van der Waals surface area contributed by atoms with Crippen molar-refractivity contribution >= 4 is 16.0 Å². The number of aliphatic carboxylic acids is 1. The molecule has 0 atom stereocenters. The molecular formula is C11H17N3O5S. The lowest BCUT2D eigenvalue weighted by atomic mass is 9.93. The van der Waals surface area contributed by atoms with Crippen molar-refractivity contribution in [1.82, 2.24) is 14.1 Å². The summed E-state index contributed by atoms with van der Waals surface area (Å²) in [6.45, 7) is 2.36. The number of piperidine rings is 1. The number of aromatic nitrogens is 2. The van der Waals surface area contributed by atoms with Crippen LogP contribution in [0.1, 0.15) is 19.8 Å². The van der Waals surface area contributed by atoms with Crippen molar-refractivity contribution in [2.45, 2.75) is 36.8 Å². The Labute approximate surface area is 116 Å². The van der Waals surface area contributed by atoms with Crippen molar-refractivity contribution in [1.29, 1.82) is 0 Å². The van der Waals surface area contributed by atoms with Gasteiger partial charge in [-0.05, 0) is 6.92 Å². The van der Waals surface area contributed by atoms with Crippen molar-refractivity contribution < 1.29 is 23.4 Å². The van der Waals surface area contributed by atoms with Crippen molar-refractivity contribution in [2.75, 3.05) is 13.1 Å². The van der Waals surface area contributed by atoms with Crippen molar-refractivity contribution in [3.63, 3.8) is 0 Å². The Morgan fingerprint density at radius 1 is 1.45 bits per heavy atom. The SMILES string of the molecule is CCn1cc(S(=O)(=O)N2CCC(O)(C(=O)O)CC2)cn1. The average Bonchev–Trinajstić information content (AvgIpc) is 2.88. The normalized spacial score (nSPS) is 19.9. The predicted octanol–water partition coefficient (Wildman–Crippen LogP) is -0.497. The van der Waals surface area contributed by atoms with Crippen LogP contribution in [0.15, 0.2) is 17.3 Å². The molecule has 2 N–H and O–H groups in total. The van der Waals surface area contributed by atoms with Gasteiger partial charge in [0.1, 0.15) is 4.90 Å². The molecule has 2 heterocycles. The summed E-state index contributed by atoms with van der Waals surface area (Å²) in [7, 11) is -3.68. The second-order valence-electron chi connectivity index (χ2n) is 4.77. The summed E-state index contributed by atoms with van der Waals surface area (Å²) >= 11 is 0. The van der Waals surface area contributed by atoms with Gasteiger partial charge in [-0.25, -0.2) is 13.2 Å². The van der Waals surface area contributed by atoms with Gasteiger partial charge in [0.2, 0.25) is 10.0 Å². The maximum absolute atomic E-state index is 12.3. The molecule has 1 aromatic heterocycles. The zero-order valence-corrected chi connectivity index (χ0v) is 11.9. The molecule has 0 amide bonds. The van der Waals surface area contributed by atoms with E-state index in [4.69, 9.17) is 5.11 Å². The second-order valence-corrected chi connectivity index (χ2v) is 6.71. The third kappa shape index (κ3) is 2.56. The highest BCUT2D eigenvalue weighted by Crippen LogP contribution is 2.26. The van der Waals surface area contributed by atoms with Crippen LogP contribution < -0.4 is 0 Å². The molecule has 0 radical (unpaired) electrons. The van der Waals surface area contributed by atoms with Crippen LogP contribution in [0.4, 0.5) is 0 Å². The lowest BCUT2D eigenvalue weighted by molar-refractivity contribution is -0.162. The third-order valence-electron chi connectivity index (χ3n) is 3.52. The Balaban J connectivity index is 2.15. The van der Waals surface area contributed by atoms with Crippen LogP contribution in [-0.2, 0) is 21.4 Å². The molecule has 20 heavy (non-hydrogen) atoms. The first-order valence-corrected chi connectivity index (χ1v) is 7.72. The second kappa shape index (κ2) is 5.15. The molecule has 8 nitrogen and oxygen atoms in total. The topological polar surface area (TPSA) is 113 Å². The molecule has 0 unspecified atom stereocenters. The monoisotopic (exact) mass is 303 g/mol. The highest BCUT2D eigenvalue weighted by molar-refractivity contribution is 7.89. The summed E-state index contributed by atoms with van der Waals surface area (Å²) in [5.41, 5.74) is -1.83. The molecule has 0 aliphatic carbocycles. The molecule has 1 aliphatic heterocycles. The van der Waals surface area contributed by atoms with Gasteiger partial charge in [-0.1, -0.05) is 0 Å². The maximum Gasteiger partial charge on any atom is 0.335 e. The molecule has 1 aromatic rings. The van der Waals surface area contributed by atoms with E-state index in [1.807, 2.05) is 6.92 Å². The first kappa shape index (κ1) is 14.9. The number of carboxylic acids is 1. The number of carbonyl (C=O) groups is 1. The van der Waals surface area contributed by atoms with Gasteiger partial charge >= 0.3 is 5.97 Å². The molecular weight excluding hydrogens is 286 g/mol. The molecule has 2 rings (SSSR count). The molecule has 112 valence electrons. The number of hydrogen-bond donors (Lipinski definition) is 2. The molecule has 1 saturated heterocycles. The summed E-state index contributed by atoms with van der Waals surface area (Å²) in [4.78, 5) is 11.0. The van der Waals surface area contributed by atoms with Crippen LogP contribution >= 0.6 is 0 Å². The van der Waals surface area contributed by atoms with Gasteiger partial charge in [-0.2, -0.15) is 9.40 Å². The fourth-order valence-corrected chi connectivity index (χ4v) is 3.51. The van der Waals surface area contributed by atoms with Gasteiger partial charge in [-0.15, -0.1) is 0 Å². The number of aryl methyl sites for hydroxylation is 1. The van der Waals surface area contributed by atoms with E-state index in [0.717, 1.165) is 0 Å². The third-order valence-corrected chi connectivity index (χ3v) is 5.37. The standard InChI is InChI=1S/C11H17N3O5S/c1-2-13-8-9(7-12-13)20(18,19)14-5-3-11(17,4-6-14)10(15)16/h7-8,17H,2-6H2,1H3,(H,15,16). The molecule has 0 bridgehead atoms. The van der Waals surface area contributed by atoms with Gasteiger partial charge in [0.05, 0.1) is 6.20 Å². The molecule has 0 saturated carbocycles. The van der Waals surface area contributed by atoms with Gasteiger partial charge in [0.15, 0.2) is 5.60 Å². The fraction of sp³-hybridized carbons (Fsp3) is 0.636. The van der Waals surface area contributed by atoms with Crippen LogP contribution in [0.25, 0.3) is 0 Å². The Hall–Kier alpha value is -1.45. The van der Waals surface area contributed by atoms with Crippen LogP contribution in [0.3, 0.4) is 0 Å². The Morgan fingerprint density at radius 3 is 2.50 bits per heavy atom. The molecule has 1 aliphatic rings. The number of nitrogens with zero attached hydrogens (tertiary/aromatic N) is 3. The first-order valence-electron chi connectivity index (χ1n) is 6.28. The summed E-state index contributed by atoms with van der Waals surface area (Å²) in [5.74, 6) is -1.31. The number of carboxylic acid groups (broad SMARTS) is 1. The van der Waals surface area contributed by atoms with Crippen LogP contribution in [0, 0.1) is 0 Å². The molecule has 1 fully saturated rings. The Kier molecular flexibility index (Phi) is 3.85. The van der Waals surface area contributed by atoms with E-state index >= 15 is 0 Å². The zero-order valence-electron chi connectivity index (χ0n) is 11.1. The van der Waals surface area contributed by atoms with Crippen LogP contribution in [0.2, 0.25) is 0 Å². The minimum atomic E-state index is -3.68. The van der Waals surface area contributed by atoms with E-state index in [1.165, 1.54) is 21.4 Å². The van der Waals surface area contributed by atoms with Crippen molar-refractivity contribution in [3.8, 4) is 0 Å². The van der Waals surface area contributed by atoms with E-state index in [9.17, 15) is 18.3 Å². The zero-order chi connectivity index (χ0) is 15.0. The number of rotatable bonds is 4. The van der Waals surface area contributed by atoms with Gasteiger partial charge in [0, 0.05) is 38.7 Å². The van der Waals surface area contributed by atoms with Crippen LogP contribution in [0.5, 0.6) is 0 Å². The summed E-state index contributed by atoms with van der Waals surface area (Å²) in [6, 6.07) is 0. The van der Waals surface area contributed by atoms with Gasteiger partial charge in [0.25, 0.3) is 0 Å². The highest BCUT2D eigenvalue weighted by Gasteiger charge is 2.42. The molecule has 9 heteroatoms. The Morgan fingerprint density at radius 2 is 2.05 bits per heavy atom. The van der Waals surface area contributed by atoms with Crippen molar-refractivity contribution in [2.24, 2.45) is 0 Å². The average molecular weight is 303 g/mol. The smallest absolute Gasteiger partial charge is 0.335 e. The molecule has 0 aromatic carbocycles. The Bertz CT molecular complexity index is 601. The van der Waals surface area contributed by atoms with E-state index < -0.39 is 21.6 Å².